The zero-order chi connectivity index (χ0) is 17.5. The molecule has 0 aliphatic rings. The van der Waals surface area contributed by atoms with Crippen LogP contribution in [0, 0.1) is 6.92 Å². The summed E-state index contributed by atoms with van der Waals surface area (Å²) in [7, 11) is 0. The number of thioether (sulfide) groups is 1. The molecule has 0 fully saturated rings. The highest BCUT2D eigenvalue weighted by Crippen LogP contribution is 2.21. The second-order valence-electron chi connectivity index (χ2n) is 5.55. The number of benzene rings is 1. The number of amides is 1. The Morgan fingerprint density at radius 3 is 2.80 bits per heavy atom. The van der Waals surface area contributed by atoms with Gasteiger partial charge in [0.2, 0.25) is 5.91 Å². The Kier molecular flexibility index (Phi) is 6.19. The summed E-state index contributed by atoms with van der Waals surface area (Å²) in [5.41, 5.74) is 2.88. The van der Waals surface area contributed by atoms with Crippen molar-refractivity contribution in [2.24, 2.45) is 0 Å². The number of rotatable bonds is 7. The van der Waals surface area contributed by atoms with Crippen molar-refractivity contribution in [2.45, 2.75) is 18.2 Å². The van der Waals surface area contributed by atoms with Gasteiger partial charge in [-0.2, -0.15) is 0 Å². The third-order valence-electron chi connectivity index (χ3n) is 3.49. The van der Waals surface area contributed by atoms with E-state index in [-0.39, 0.29) is 5.91 Å². The number of hydrogen-bond acceptors (Lipinski definition) is 5. The Morgan fingerprint density at radius 1 is 1.20 bits per heavy atom. The summed E-state index contributed by atoms with van der Waals surface area (Å²) in [4.78, 5) is 22.0. The van der Waals surface area contributed by atoms with Crippen molar-refractivity contribution in [3.63, 3.8) is 0 Å². The van der Waals surface area contributed by atoms with Gasteiger partial charge < -0.3 is 5.32 Å². The molecule has 4 nitrogen and oxygen atoms in total. The first-order chi connectivity index (χ1) is 12.2. The monoisotopic (exact) mass is 369 g/mol. The fourth-order valence-corrected chi connectivity index (χ4v) is 3.78. The first-order valence-electron chi connectivity index (χ1n) is 8.03. The highest BCUT2D eigenvalue weighted by Gasteiger charge is 2.09. The van der Waals surface area contributed by atoms with Crippen LogP contribution < -0.4 is 5.32 Å². The molecule has 1 N–H and O–H groups in total. The van der Waals surface area contributed by atoms with Gasteiger partial charge in [0, 0.05) is 28.8 Å². The van der Waals surface area contributed by atoms with E-state index in [1.54, 1.807) is 18.0 Å². The van der Waals surface area contributed by atoms with Crippen LogP contribution in [0.15, 0.2) is 58.9 Å². The molecule has 0 aliphatic carbocycles. The van der Waals surface area contributed by atoms with Gasteiger partial charge in [-0.25, -0.2) is 4.98 Å². The number of pyridine rings is 1. The Morgan fingerprint density at radius 2 is 2.04 bits per heavy atom. The van der Waals surface area contributed by atoms with Crippen LogP contribution >= 0.6 is 23.1 Å². The minimum atomic E-state index is 0.00220. The normalized spacial score (nSPS) is 10.6. The Balaban J connectivity index is 1.42. The van der Waals surface area contributed by atoms with Gasteiger partial charge in [-0.3, -0.25) is 9.78 Å². The van der Waals surface area contributed by atoms with Crippen LogP contribution in [-0.2, 0) is 11.2 Å². The summed E-state index contributed by atoms with van der Waals surface area (Å²) in [6.45, 7) is 2.72. The van der Waals surface area contributed by atoms with Crippen molar-refractivity contribution in [3.8, 4) is 10.7 Å². The average Bonchev–Trinajstić information content (AvgIpc) is 3.09. The number of aromatic nitrogens is 2. The van der Waals surface area contributed by atoms with Gasteiger partial charge in [-0.15, -0.1) is 23.1 Å². The lowest BCUT2D eigenvalue weighted by molar-refractivity contribution is -0.120. The quantitative estimate of drug-likeness (QED) is 0.506. The van der Waals surface area contributed by atoms with E-state index < -0.39 is 0 Å². The van der Waals surface area contributed by atoms with Crippen LogP contribution in [0.5, 0.6) is 0 Å². The van der Waals surface area contributed by atoms with E-state index in [0.29, 0.717) is 13.0 Å². The number of carbonyl (C=O) groups is 1. The minimum absolute atomic E-state index is 0.00220. The van der Waals surface area contributed by atoms with Crippen LogP contribution in [0.2, 0.25) is 0 Å². The molecule has 0 radical (unpaired) electrons. The Bertz CT molecular complexity index is 816. The van der Waals surface area contributed by atoms with Gasteiger partial charge in [0.15, 0.2) is 0 Å². The molecule has 3 aromatic rings. The van der Waals surface area contributed by atoms with Crippen LogP contribution in [0.25, 0.3) is 10.7 Å². The summed E-state index contributed by atoms with van der Waals surface area (Å²) in [5.74, 6) is 0.854. The van der Waals surface area contributed by atoms with Crippen molar-refractivity contribution >= 4 is 29.0 Å². The largest absolute Gasteiger partial charge is 0.355 e. The molecule has 2 heterocycles. The van der Waals surface area contributed by atoms with Gasteiger partial charge in [0.1, 0.15) is 5.01 Å². The van der Waals surface area contributed by atoms with Gasteiger partial charge in [0.05, 0.1) is 17.8 Å². The third kappa shape index (κ3) is 5.41. The van der Waals surface area contributed by atoms with Crippen LogP contribution in [0.1, 0.15) is 11.3 Å². The standard InChI is InChI=1S/C19H19N3OS2/c1-14-5-7-16(8-6-14)24-11-10-21-18(23)12-15-13-25-19(22-15)17-4-2-3-9-20-17/h2-9,13H,10-12H2,1H3,(H,21,23). The van der Waals surface area contributed by atoms with E-state index in [2.05, 4.69) is 46.5 Å². The fraction of sp³-hybridized carbons (Fsp3) is 0.211. The smallest absolute Gasteiger partial charge is 0.226 e. The zero-order valence-electron chi connectivity index (χ0n) is 13.9. The van der Waals surface area contributed by atoms with E-state index in [1.165, 1.54) is 21.8 Å². The molecule has 0 spiro atoms. The summed E-state index contributed by atoms with van der Waals surface area (Å²) in [5, 5.41) is 5.72. The maximum absolute atomic E-state index is 12.0. The molecule has 0 unspecified atom stereocenters. The molecule has 0 bridgehead atoms. The molecule has 2 aromatic heterocycles. The van der Waals surface area contributed by atoms with E-state index >= 15 is 0 Å². The highest BCUT2D eigenvalue weighted by molar-refractivity contribution is 7.99. The molecular weight excluding hydrogens is 350 g/mol. The molecule has 1 amide bonds. The summed E-state index contributed by atoms with van der Waals surface area (Å²) in [6.07, 6.45) is 2.05. The number of nitrogens with one attached hydrogen (secondary N) is 1. The van der Waals surface area contributed by atoms with Crippen molar-refractivity contribution in [2.75, 3.05) is 12.3 Å². The average molecular weight is 370 g/mol. The SMILES string of the molecule is Cc1ccc(SCCNC(=O)Cc2csc(-c3ccccn3)n2)cc1. The van der Waals surface area contributed by atoms with Crippen LogP contribution in [-0.4, -0.2) is 28.2 Å². The molecule has 0 aliphatic heterocycles. The van der Waals surface area contributed by atoms with Crippen molar-refractivity contribution in [1.29, 1.82) is 0 Å². The molecule has 0 saturated carbocycles. The second kappa shape index (κ2) is 8.78. The summed E-state index contributed by atoms with van der Waals surface area (Å²) in [6, 6.07) is 14.1. The first-order valence-corrected chi connectivity index (χ1v) is 9.89. The third-order valence-corrected chi connectivity index (χ3v) is 5.42. The van der Waals surface area contributed by atoms with Crippen LogP contribution in [0.3, 0.4) is 0 Å². The lowest BCUT2D eigenvalue weighted by Gasteiger charge is -2.04. The lowest BCUT2D eigenvalue weighted by atomic mass is 10.2. The zero-order valence-corrected chi connectivity index (χ0v) is 15.6. The van der Waals surface area contributed by atoms with E-state index in [4.69, 9.17) is 0 Å². The molecular formula is C19H19N3OS2. The van der Waals surface area contributed by atoms with Gasteiger partial charge in [-0.1, -0.05) is 23.8 Å². The predicted octanol–water partition coefficient (Wildman–Crippen LogP) is 3.96. The molecule has 6 heteroatoms. The predicted molar refractivity (Wildman–Crippen MR) is 104 cm³/mol. The molecule has 0 atom stereocenters. The van der Waals surface area contributed by atoms with Gasteiger partial charge in [0.25, 0.3) is 0 Å². The van der Waals surface area contributed by atoms with Crippen molar-refractivity contribution < 1.29 is 4.79 Å². The van der Waals surface area contributed by atoms with E-state index in [9.17, 15) is 4.79 Å². The number of aryl methyl sites for hydroxylation is 1. The molecule has 128 valence electrons. The summed E-state index contributed by atoms with van der Waals surface area (Å²) < 4.78 is 0. The molecule has 1 aromatic carbocycles. The molecule has 3 rings (SSSR count). The minimum Gasteiger partial charge on any atom is -0.355 e. The lowest BCUT2D eigenvalue weighted by Crippen LogP contribution is -2.27. The highest BCUT2D eigenvalue weighted by atomic mass is 32.2. The second-order valence-corrected chi connectivity index (χ2v) is 7.57. The topological polar surface area (TPSA) is 54.9 Å². The summed E-state index contributed by atoms with van der Waals surface area (Å²) >= 11 is 3.26. The number of hydrogen-bond donors (Lipinski definition) is 1. The van der Waals surface area contributed by atoms with Crippen molar-refractivity contribution in [3.05, 3.63) is 65.3 Å². The molecule has 0 saturated heterocycles. The van der Waals surface area contributed by atoms with Crippen molar-refractivity contribution in [1.82, 2.24) is 15.3 Å². The fourth-order valence-electron chi connectivity index (χ4n) is 2.22. The van der Waals surface area contributed by atoms with E-state index in [0.717, 1.165) is 22.1 Å². The maximum atomic E-state index is 12.0. The van der Waals surface area contributed by atoms with Crippen LogP contribution in [0.4, 0.5) is 0 Å². The number of thiazole rings is 1. The number of nitrogens with zero attached hydrogens (tertiary/aromatic N) is 2. The van der Waals surface area contributed by atoms with Gasteiger partial charge >= 0.3 is 0 Å². The van der Waals surface area contributed by atoms with Gasteiger partial charge in [-0.05, 0) is 31.2 Å². The maximum Gasteiger partial charge on any atom is 0.226 e. The molecule has 25 heavy (non-hydrogen) atoms. The first kappa shape index (κ1) is 17.6. The Hall–Kier alpha value is -2.18. The van der Waals surface area contributed by atoms with E-state index in [1.807, 2.05) is 23.6 Å². The Labute approximate surface area is 155 Å². The number of carbonyl (C=O) groups excluding carboxylic acids is 1.